The fourth-order valence-corrected chi connectivity index (χ4v) is 1.79. The molecule has 2 aliphatic rings. The van der Waals surface area contributed by atoms with Gasteiger partial charge in [-0.25, -0.2) is 0 Å². The highest BCUT2D eigenvalue weighted by Crippen LogP contribution is 2.28. The van der Waals surface area contributed by atoms with Crippen LogP contribution in [0.1, 0.15) is 19.8 Å². The Hall–Kier alpha value is -0.0800. The molecule has 0 aromatic carbocycles. The Bertz CT molecular complexity index is 82.7. The second kappa shape index (κ2) is 1.45. The minimum Gasteiger partial charge on any atom is -0.254 e. The number of hydrogen-bond acceptors (Lipinski definition) is 2. The molecular weight excluding hydrogens is 100 g/mol. The van der Waals surface area contributed by atoms with E-state index in [1.807, 2.05) is 0 Å². The highest BCUT2D eigenvalue weighted by Gasteiger charge is 2.37. The zero-order valence-corrected chi connectivity index (χ0v) is 5.15. The van der Waals surface area contributed by atoms with Crippen molar-refractivity contribution in [1.82, 2.24) is 10.9 Å². The molecule has 2 atom stereocenters. The molecule has 1 saturated heterocycles. The highest BCUT2D eigenvalue weighted by molar-refractivity contribution is 4.95. The molecule has 46 valence electrons. The average molecular weight is 112 g/mol. The van der Waals surface area contributed by atoms with Crippen LogP contribution in [0, 0.1) is 5.92 Å². The Morgan fingerprint density at radius 2 is 1.62 bits per heavy atom. The van der Waals surface area contributed by atoms with E-state index in [2.05, 4.69) is 17.8 Å². The van der Waals surface area contributed by atoms with Crippen LogP contribution in [0.5, 0.6) is 0 Å². The number of hydrogen-bond donors (Lipinski definition) is 2. The third-order valence-corrected chi connectivity index (χ3v) is 2.51. The van der Waals surface area contributed by atoms with Crippen molar-refractivity contribution in [3.8, 4) is 0 Å². The summed E-state index contributed by atoms with van der Waals surface area (Å²) in [7, 11) is 0. The monoisotopic (exact) mass is 112 g/mol. The van der Waals surface area contributed by atoms with Crippen LogP contribution < -0.4 is 10.9 Å². The summed E-state index contributed by atoms with van der Waals surface area (Å²) in [6.07, 6.45) is 2.75. The maximum Gasteiger partial charge on any atom is 0.0254 e. The lowest BCUT2D eigenvalue weighted by Crippen LogP contribution is -2.37. The summed E-state index contributed by atoms with van der Waals surface area (Å²) in [4.78, 5) is 0. The second-order valence-corrected chi connectivity index (χ2v) is 2.94. The first-order chi connectivity index (χ1) is 3.88. The molecule has 2 nitrogen and oxygen atoms in total. The number of nitrogens with one attached hydrogen (secondary N) is 2. The molecule has 2 rings (SSSR count). The molecule has 2 bridgehead atoms. The van der Waals surface area contributed by atoms with Crippen molar-refractivity contribution < 1.29 is 0 Å². The molecule has 0 aromatic rings. The molecular formula is C6H12N2. The van der Waals surface area contributed by atoms with Gasteiger partial charge in [-0.05, 0) is 18.8 Å². The Balaban J connectivity index is 2.16. The first-order valence-corrected chi connectivity index (χ1v) is 3.39. The molecule has 1 aliphatic heterocycles. The van der Waals surface area contributed by atoms with E-state index in [0.29, 0.717) is 0 Å². The van der Waals surface area contributed by atoms with Gasteiger partial charge >= 0.3 is 0 Å². The van der Waals surface area contributed by atoms with Crippen molar-refractivity contribution in [2.75, 3.05) is 0 Å². The van der Waals surface area contributed by atoms with E-state index >= 15 is 0 Å². The van der Waals surface area contributed by atoms with E-state index in [9.17, 15) is 0 Å². The Morgan fingerprint density at radius 1 is 1.12 bits per heavy atom. The summed E-state index contributed by atoms with van der Waals surface area (Å²) < 4.78 is 0. The van der Waals surface area contributed by atoms with Gasteiger partial charge in [-0.1, -0.05) is 6.92 Å². The van der Waals surface area contributed by atoms with E-state index in [0.717, 1.165) is 18.0 Å². The number of rotatable bonds is 0. The zero-order chi connectivity index (χ0) is 5.56. The lowest BCUT2D eigenvalue weighted by atomic mass is 10.1. The first kappa shape index (κ1) is 4.77. The zero-order valence-electron chi connectivity index (χ0n) is 5.15. The van der Waals surface area contributed by atoms with Gasteiger partial charge in [0, 0.05) is 12.1 Å². The van der Waals surface area contributed by atoms with Crippen LogP contribution in [0.3, 0.4) is 0 Å². The predicted molar refractivity (Wildman–Crippen MR) is 32.2 cm³/mol. The summed E-state index contributed by atoms with van der Waals surface area (Å²) in [5, 5.41) is 0. The van der Waals surface area contributed by atoms with Gasteiger partial charge in [-0.2, -0.15) is 0 Å². The average Bonchev–Trinajstić information content (AvgIpc) is 2.29. The molecule has 0 spiro atoms. The maximum absolute atomic E-state index is 3.26. The Morgan fingerprint density at radius 3 is 1.75 bits per heavy atom. The minimum absolute atomic E-state index is 0.778. The second-order valence-electron chi connectivity index (χ2n) is 2.94. The van der Waals surface area contributed by atoms with Crippen molar-refractivity contribution in [2.24, 2.45) is 5.92 Å². The van der Waals surface area contributed by atoms with Crippen molar-refractivity contribution in [3.05, 3.63) is 0 Å². The topological polar surface area (TPSA) is 24.1 Å². The fourth-order valence-electron chi connectivity index (χ4n) is 1.79. The van der Waals surface area contributed by atoms with Gasteiger partial charge in [-0.3, -0.25) is 10.9 Å². The summed E-state index contributed by atoms with van der Waals surface area (Å²) in [5.41, 5.74) is 6.51. The highest BCUT2D eigenvalue weighted by atomic mass is 15.4. The van der Waals surface area contributed by atoms with Crippen LogP contribution in [0.2, 0.25) is 0 Å². The minimum atomic E-state index is 0.778. The first-order valence-electron chi connectivity index (χ1n) is 3.39. The van der Waals surface area contributed by atoms with Crippen LogP contribution in [0.15, 0.2) is 0 Å². The summed E-state index contributed by atoms with van der Waals surface area (Å²) in [6.45, 7) is 2.31. The molecule has 1 saturated carbocycles. The largest absolute Gasteiger partial charge is 0.254 e. The third-order valence-electron chi connectivity index (χ3n) is 2.51. The smallest absolute Gasteiger partial charge is 0.0254 e. The van der Waals surface area contributed by atoms with Crippen LogP contribution in [-0.4, -0.2) is 12.1 Å². The molecule has 2 fully saturated rings. The van der Waals surface area contributed by atoms with Gasteiger partial charge in [0.2, 0.25) is 0 Å². The lowest BCUT2D eigenvalue weighted by molar-refractivity contribution is 0.437. The van der Waals surface area contributed by atoms with Crippen LogP contribution in [-0.2, 0) is 0 Å². The van der Waals surface area contributed by atoms with Crippen LogP contribution in [0.25, 0.3) is 0 Å². The molecule has 0 aromatic heterocycles. The summed E-state index contributed by atoms with van der Waals surface area (Å²) in [6, 6.07) is 1.56. The number of fused-ring (bicyclic) bond motifs is 2. The van der Waals surface area contributed by atoms with Crippen LogP contribution in [0.4, 0.5) is 0 Å². The van der Waals surface area contributed by atoms with Gasteiger partial charge in [0.15, 0.2) is 0 Å². The van der Waals surface area contributed by atoms with Gasteiger partial charge in [0.1, 0.15) is 0 Å². The van der Waals surface area contributed by atoms with Gasteiger partial charge in [0.05, 0.1) is 0 Å². The van der Waals surface area contributed by atoms with Crippen molar-refractivity contribution in [3.63, 3.8) is 0 Å². The molecule has 0 amide bonds. The normalized spacial score (nSPS) is 52.9. The molecule has 8 heavy (non-hydrogen) atoms. The van der Waals surface area contributed by atoms with Gasteiger partial charge < -0.3 is 0 Å². The molecule has 2 N–H and O–H groups in total. The maximum atomic E-state index is 3.26. The molecule has 2 unspecified atom stereocenters. The van der Waals surface area contributed by atoms with Gasteiger partial charge in [-0.15, -0.1) is 0 Å². The van der Waals surface area contributed by atoms with Gasteiger partial charge in [0.25, 0.3) is 0 Å². The van der Waals surface area contributed by atoms with E-state index in [1.54, 1.807) is 0 Å². The molecule has 2 heteroatoms. The summed E-state index contributed by atoms with van der Waals surface area (Å²) >= 11 is 0. The lowest BCUT2D eigenvalue weighted by Gasteiger charge is -2.10. The van der Waals surface area contributed by atoms with E-state index in [4.69, 9.17) is 0 Å². The van der Waals surface area contributed by atoms with E-state index in [-0.39, 0.29) is 0 Å². The number of hydrazine groups is 1. The Kier molecular flexibility index (Phi) is 0.866. The predicted octanol–water partition coefficient (Wildman–Crippen LogP) is 0.261. The van der Waals surface area contributed by atoms with Crippen molar-refractivity contribution in [2.45, 2.75) is 31.8 Å². The fraction of sp³-hybridized carbons (Fsp3) is 1.00. The molecule has 1 aliphatic carbocycles. The summed E-state index contributed by atoms with van der Waals surface area (Å²) in [5.74, 6) is 0.870. The standard InChI is InChI=1S/C6H12N2/c1-4-5-2-3-6(4)8-7-5/h4-8H,2-3H2,1H3. The molecule has 0 radical (unpaired) electrons. The van der Waals surface area contributed by atoms with E-state index < -0.39 is 0 Å². The SMILES string of the molecule is CC1C2CCC1NN2. The quantitative estimate of drug-likeness (QED) is 0.469. The van der Waals surface area contributed by atoms with Crippen molar-refractivity contribution in [1.29, 1.82) is 0 Å². The van der Waals surface area contributed by atoms with Crippen molar-refractivity contribution >= 4 is 0 Å². The third kappa shape index (κ3) is 0.446. The Labute approximate surface area is 49.6 Å². The van der Waals surface area contributed by atoms with Crippen LogP contribution >= 0.6 is 0 Å². The van der Waals surface area contributed by atoms with E-state index in [1.165, 1.54) is 12.8 Å². The molecule has 1 heterocycles.